The van der Waals surface area contributed by atoms with Crippen molar-refractivity contribution in [1.82, 2.24) is 14.9 Å². The molecule has 0 spiro atoms. The molecule has 0 saturated heterocycles. The fourth-order valence-electron chi connectivity index (χ4n) is 4.71. The van der Waals surface area contributed by atoms with E-state index in [9.17, 15) is 18.7 Å². The third kappa shape index (κ3) is 3.53. The summed E-state index contributed by atoms with van der Waals surface area (Å²) in [5.41, 5.74) is 3.46. The largest absolute Gasteiger partial charge is 0.390 e. The van der Waals surface area contributed by atoms with Crippen LogP contribution in [0.15, 0.2) is 42.5 Å². The van der Waals surface area contributed by atoms with Crippen LogP contribution in [0.5, 0.6) is 0 Å². The average Bonchev–Trinajstić information content (AvgIpc) is 3.16. The number of carbonyl (C=O) groups is 1. The lowest BCUT2D eigenvalue weighted by molar-refractivity contribution is 0.0852. The number of aliphatic hydroxyl groups is 1. The van der Waals surface area contributed by atoms with E-state index in [0.717, 1.165) is 48.2 Å². The Morgan fingerprint density at radius 1 is 1.10 bits per heavy atom. The first-order valence-electron chi connectivity index (χ1n) is 10.6. The van der Waals surface area contributed by atoms with Gasteiger partial charge in [-0.15, -0.1) is 0 Å². The molecule has 5 rings (SSSR count). The highest BCUT2D eigenvalue weighted by molar-refractivity contribution is 5.94. The third-order valence-corrected chi connectivity index (χ3v) is 6.25. The van der Waals surface area contributed by atoms with Crippen molar-refractivity contribution in [2.45, 2.75) is 50.8 Å². The molecule has 0 radical (unpaired) electrons. The number of rotatable bonds is 3. The second kappa shape index (κ2) is 7.89. The molecule has 2 N–H and O–H groups in total. The van der Waals surface area contributed by atoms with Gasteiger partial charge in [-0.1, -0.05) is 30.7 Å². The number of nitrogens with one attached hydrogen (secondary N) is 1. The van der Waals surface area contributed by atoms with Gasteiger partial charge in [-0.25, -0.2) is 13.8 Å². The van der Waals surface area contributed by atoms with E-state index < -0.39 is 23.8 Å². The van der Waals surface area contributed by atoms with Crippen LogP contribution in [0.3, 0.4) is 0 Å². The highest BCUT2D eigenvalue weighted by Gasteiger charge is 2.34. The van der Waals surface area contributed by atoms with E-state index in [1.807, 2.05) is 28.8 Å². The number of benzene rings is 2. The van der Waals surface area contributed by atoms with E-state index in [2.05, 4.69) is 10.3 Å². The van der Waals surface area contributed by atoms with Gasteiger partial charge >= 0.3 is 0 Å². The minimum Gasteiger partial charge on any atom is -0.390 e. The molecule has 31 heavy (non-hydrogen) atoms. The second-order valence-electron chi connectivity index (χ2n) is 8.24. The summed E-state index contributed by atoms with van der Waals surface area (Å²) in [6, 6.07) is 10.9. The monoisotopic (exact) mass is 423 g/mol. The molecule has 0 fully saturated rings. The number of carbonyl (C=O) groups excluding carboxylic acids is 1. The van der Waals surface area contributed by atoms with Crippen molar-refractivity contribution < 1.29 is 18.7 Å². The van der Waals surface area contributed by atoms with E-state index >= 15 is 0 Å². The van der Waals surface area contributed by atoms with Crippen LogP contribution in [0.25, 0.3) is 11.4 Å². The van der Waals surface area contributed by atoms with Gasteiger partial charge in [-0.3, -0.25) is 4.79 Å². The molecule has 2 aliphatic rings. The summed E-state index contributed by atoms with van der Waals surface area (Å²) in [7, 11) is 0. The Labute approximate surface area is 178 Å². The van der Waals surface area contributed by atoms with Crippen molar-refractivity contribution in [3.05, 3.63) is 76.6 Å². The van der Waals surface area contributed by atoms with Gasteiger partial charge in [0.1, 0.15) is 11.5 Å². The van der Waals surface area contributed by atoms with Gasteiger partial charge in [0.2, 0.25) is 0 Å². The minimum atomic E-state index is -0.944. The second-order valence-corrected chi connectivity index (χ2v) is 8.24. The Bertz CT molecular complexity index is 1160. The normalized spacial score (nSPS) is 20.1. The van der Waals surface area contributed by atoms with Crippen LogP contribution >= 0.6 is 0 Å². The molecule has 2 atom stereocenters. The van der Waals surface area contributed by atoms with Gasteiger partial charge in [0, 0.05) is 18.5 Å². The molecule has 7 heteroatoms. The molecule has 3 aromatic rings. The summed E-state index contributed by atoms with van der Waals surface area (Å²) in [6.45, 7) is 0.666. The lowest BCUT2D eigenvalue weighted by Crippen LogP contribution is -2.34. The zero-order chi connectivity index (χ0) is 21.5. The predicted molar refractivity (Wildman–Crippen MR) is 111 cm³/mol. The first kappa shape index (κ1) is 19.9. The van der Waals surface area contributed by atoms with E-state index in [1.165, 1.54) is 6.07 Å². The van der Waals surface area contributed by atoms with Crippen molar-refractivity contribution in [3.63, 3.8) is 0 Å². The number of fused-ring (bicyclic) bond motifs is 2. The summed E-state index contributed by atoms with van der Waals surface area (Å²) in [5.74, 6) is -1.76. The smallest absolute Gasteiger partial charge is 0.272 e. The van der Waals surface area contributed by atoms with E-state index in [1.54, 1.807) is 0 Å². The maximum Gasteiger partial charge on any atom is 0.272 e. The molecule has 2 aromatic carbocycles. The van der Waals surface area contributed by atoms with Gasteiger partial charge in [0.05, 0.1) is 17.8 Å². The van der Waals surface area contributed by atoms with E-state index in [0.29, 0.717) is 36.5 Å². The highest BCUT2D eigenvalue weighted by atomic mass is 19.2. The first-order valence-corrected chi connectivity index (χ1v) is 10.6. The van der Waals surface area contributed by atoms with E-state index in [-0.39, 0.29) is 5.91 Å². The maximum atomic E-state index is 13.9. The topological polar surface area (TPSA) is 67.2 Å². The van der Waals surface area contributed by atoms with Crippen molar-refractivity contribution in [2.75, 3.05) is 0 Å². The Balaban J connectivity index is 1.52. The molecule has 1 aliphatic carbocycles. The SMILES string of the molecule is O=C(NC1c2ccccc2CC1O)c1nc(-c2ccc(F)c(F)c2)n2c1CCCCC2. The molecule has 2 unspecified atom stereocenters. The van der Waals surface area contributed by atoms with Gasteiger partial charge in [-0.2, -0.15) is 0 Å². The standard InChI is InChI=1S/C24H23F2N3O2/c25-17-10-9-15(12-18(17)26)23-27-22(19-8-2-1-5-11-29(19)23)24(31)28-21-16-7-4-3-6-14(16)13-20(21)30/h3-4,6-7,9-10,12,20-21,30H,1-2,5,8,11,13H2,(H,28,31). The maximum absolute atomic E-state index is 13.9. The van der Waals surface area contributed by atoms with Gasteiger partial charge < -0.3 is 15.0 Å². The number of imidazole rings is 1. The Hall–Kier alpha value is -3.06. The molecule has 1 aromatic heterocycles. The Morgan fingerprint density at radius 3 is 2.77 bits per heavy atom. The number of nitrogens with zero attached hydrogens (tertiary/aromatic N) is 2. The van der Waals surface area contributed by atoms with Gasteiger partial charge in [0.25, 0.3) is 5.91 Å². The number of hydrogen-bond donors (Lipinski definition) is 2. The molecular formula is C24H23F2N3O2. The van der Waals surface area contributed by atoms with Crippen LogP contribution in [0.2, 0.25) is 0 Å². The summed E-state index contributed by atoms with van der Waals surface area (Å²) in [6.07, 6.45) is 3.35. The van der Waals surface area contributed by atoms with Crippen molar-refractivity contribution in [2.24, 2.45) is 0 Å². The molecule has 2 heterocycles. The van der Waals surface area contributed by atoms with Gasteiger partial charge in [-0.05, 0) is 48.6 Å². The van der Waals surface area contributed by atoms with Crippen LogP contribution in [-0.2, 0) is 19.4 Å². The fraction of sp³-hybridized carbons (Fsp3) is 0.333. The average molecular weight is 423 g/mol. The van der Waals surface area contributed by atoms with Crippen molar-refractivity contribution >= 4 is 5.91 Å². The summed E-state index contributed by atoms with van der Waals surface area (Å²) < 4.78 is 29.3. The number of aromatic nitrogens is 2. The van der Waals surface area contributed by atoms with Crippen LogP contribution < -0.4 is 5.32 Å². The summed E-state index contributed by atoms with van der Waals surface area (Å²) in [5, 5.41) is 13.5. The molecule has 1 amide bonds. The van der Waals surface area contributed by atoms with E-state index in [4.69, 9.17) is 0 Å². The summed E-state index contributed by atoms with van der Waals surface area (Å²) >= 11 is 0. The number of hydrogen-bond acceptors (Lipinski definition) is 3. The van der Waals surface area contributed by atoms with Crippen LogP contribution in [0.4, 0.5) is 8.78 Å². The van der Waals surface area contributed by atoms with Crippen LogP contribution in [-0.4, -0.2) is 26.7 Å². The molecule has 5 nitrogen and oxygen atoms in total. The predicted octanol–water partition coefficient (Wildman–Crippen LogP) is 3.94. The Kier molecular flexibility index (Phi) is 5.06. The number of aliphatic hydroxyl groups excluding tert-OH is 1. The lowest BCUT2D eigenvalue weighted by Gasteiger charge is -2.17. The van der Waals surface area contributed by atoms with Crippen molar-refractivity contribution in [3.8, 4) is 11.4 Å². The fourth-order valence-corrected chi connectivity index (χ4v) is 4.71. The third-order valence-electron chi connectivity index (χ3n) is 6.25. The highest BCUT2D eigenvalue weighted by Crippen LogP contribution is 2.33. The summed E-state index contributed by atoms with van der Waals surface area (Å²) in [4.78, 5) is 17.9. The van der Waals surface area contributed by atoms with Crippen LogP contribution in [0, 0.1) is 11.6 Å². The first-order chi connectivity index (χ1) is 15.0. The number of amides is 1. The zero-order valence-electron chi connectivity index (χ0n) is 16.9. The zero-order valence-corrected chi connectivity index (χ0v) is 16.9. The minimum absolute atomic E-state index is 0.290. The quantitative estimate of drug-likeness (QED) is 0.671. The Morgan fingerprint density at radius 2 is 1.94 bits per heavy atom. The lowest BCUT2D eigenvalue weighted by atomic mass is 10.1. The van der Waals surface area contributed by atoms with Gasteiger partial charge in [0.15, 0.2) is 11.6 Å². The van der Waals surface area contributed by atoms with Crippen LogP contribution in [0.1, 0.15) is 52.6 Å². The molecular weight excluding hydrogens is 400 g/mol. The molecule has 1 aliphatic heterocycles. The van der Waals surface area contributed by atoms with Crippen molar-refractivity contribution in [1.29, 1.82) is 0 Å². The molecule has 0 bridgehead atoms. The molecule has 160 valence electrons. The molecule has 0 saturated carbocycles. The number of halogens is 2.